The van der Waals surface area contributed by atoms with E-state index < -0.39 is 12.2 Å². The number of hydrogen-bond donors (Lipinski definition) is 2. The number of ether oxygens (including phenoxy) is 2. The SMILES string of the molecule is CCCCC(C)(C)[C@H](O)/C=C/[C@@H]1[C@H]2CC(C(Br)CCCC(=O)OC)O[C@H]2C[C@H]1O. The zero-order valence-electron chi connectivity index (χ0n) is 18.4. The van der Waals surface area contributed by atoms with Gasteiger partial charge >= 0.3 is 5.97 Å². The highest BCUT2D eigenvalue weighted by Crippen LogP contribution is 2.46. The first-order valence-corrected chi connectivity index (χ1v) is 12.0. The fourth-order valence-electron chi connectivity index (χ4n) is 4.62. The van der Waals surface area contributed by atoms with Crippen LogP contribution >= 0.6 is 15.9 Å². The van der Waals surface area contributed by atoms with Gasteiger partial charge in [0, 0.05) is 23.6 Å². The Balaban J connectivity index is 1.89. The minimum absolute atomic E-state index is 0.0244. The summed E-state index contributed by atoms with van der Waals surface area (Å²) in [5, 5.41) is 21.2. The third kappa shape index (κ3) is 6.78. The third-order valence-corrected chi connectivity index (χ3v) is 7.77. The van der Waals surface area contributed by atoms with Gasteiger partial charge in [0.25, 0.3) is 0 Å². The van der Waals surface area contributed by atoms with Gasteiger partial charge in [0.1, 0.15) is 0 Å². The number of methoxy groups -OCH3 is 1. The quantitative estimate of drug-likeness (QED) is 0.264. The molecule has 0 bridgehead atoms. The van der Waals surface area contributed by atoms with Gasteiger partial charge < -0.3 is 19.7 Å². The summed E-state index contributed by atoms with van der Waals surface area (Å²) < 4.78 is 10.9. The summed E-state index contributed by atoms with van der Waals surface area (Å²) in [4.78, 5) is 11.5. The number of hydrogen-bond acceptors (Lipinski definition) is 5. The van der Waals surface area contributed by atoms with Crippen molar-refractivity contribution < 1.29 is 24.5 Å². The van der Waals surface area contributed by atoms with Gasteiger partial charge in [0.05, 0.1) is 31.5 Å². The van der Waals surface area contributed by atoms with E-state index in [1.807, 2.05) is 12.2 Å². The smallest absolute Gasteiger partial charge is 0.305 e. The lowest BCUT2D eigenvalue weighted by Gasteiger charge is -2.29. The van der Waals surface area contributed by atoms with Gasteiger partial charge in [0.2, 0.25) is 0 Å². The molecule has 168 valence electrons. The Labute approximate surface area is 184 Å². The van der Waals surface area contributed by atoms with Crippen LogP contribution in [0.5, 0.6) is 0 Å². The van der Waals surface area contributed by atoms with Crippen LogP contribution in [0.2, 0.25) is 0 Å². The summed E-state index contributed by atoms with van der Waals surface area (Å²) in [5.41, 5.74) is -0.162. The topological polar surface area (TPSA) is 76.0 Å². The number of alkyl halides is 1. The predicted molar refractivity (Wildman–Crippen MR) is 118 cm³/mol. The number of rotatable bonds is 11. The number of carbonyl (C=O) groups excluding carboxylic acids is 1. The first-order valence-electron chi connectivity index (χ1n) is 11.1. The molecule has 0 spiro atoms. The molecular formula is C23H39BrO5. The average molecular weight is 475 g/mol. The number of carbonyl (C=O) groups is 1. The Kier molecular flexibility index (Phi) is 9.65. The molecule has 1 aliphatic carbocycles. The molecule has 0 aromatic heterocycles. The molecule has 29 heavy (non-hydrogen) atoms. The van der Waals surface area contributed by atoms with Crippen LogP contribution in [0, 0.1) is 17.3 Å². The van der Waals surface area contributed by atoms with Crippen LogP contribution in [-0.4, -0.2) is 52.5 Å². The molecular weight excluding hydrogens is 436 g/mol. The highest BCUT2D eigenvalue weighted by molar-refractivity contribution is 9.09. The first-order chi connectivity index (χ1) is 13.7. The largest absolute Gasteiger partial charge is 0.469 e. The Morgan fingerprint density at radius 1 is 1.34 bits per heavy atom. The van der Waals surface area contributed by atoms with E-state index in [1.54, 1.807) is 0 Å². The van der Waals surface area contributed by atoms with Gasteiger partial charge in [-0.3, -0.25) is 4.79 Å². The zero-order chi connectivity index (χ0) is 21.6. The summed E-state index contributed by atoms with van der Waals surface area (Å²) in [6.07, 6.45) is 9.94. The van der Waals surface area contributed by atoms with E-state index in [0.717, 1.165) is 38.5 Å². The van der Waals surface area contributed by atoms with Crippen molar-refractivity contribution in [1.29, 1.82) is 0 Å². The molecule has 0 aromatic rings. The molecule has 7 atom stereocenters. The first kappa shape index (κ1) is 24.8. The van der Waals surface area contributed by atoms with Crippen molar-refractivity contribution in [2.24, 2.45) is 17.3 Å². The van der Waals surface area contributed by atoms with Crippen molar-refractivity contribution in [3.63, 3.8) is 0 Å². The van der Waals surface area contributed by atoms with Crippen molar-refractivity contribution >= 4 is 21.9 Å². The van der Waals surface area contributed by atoms with Crippen LogP contribution in [0.1, 0.15) is 72.1 Å². The molecule has 1 saturated carbocycles. The van der Waals surface area contributed by atoms with Crippen LogP contribution in [0.15, 0.2) is 12.2 Å². The minimum Gasteiger partial charge on any atom is -0.469 e. The second-order valence-electron chi connectivity index (χ2n) is 9.40. The highest BCUT2D eigenvalue weighted by atomic mass is 79.9. The summed E-state index contributed by atoms with van der Waals surface area (Å²) in [7, 11) is 1.41. The summed E-state index contributed by atoms with van der Waals surface area (Å²) in [6, 6.07) is 0. The second-order valence-corrected chi connectivity index (χ2v) is 10.6. The highest BCUT2D eigenvalue weighted by Gasteiger charge is 2.49. The van der Waals surface area contributed by atoms with Gasteiger partial charge in [-0.25, -0.2) is 0 Å². The van der Waals surface area contributed by atoms with Crippen LogP contribution in [0.3, 0.4) is 0 Å². The lowest BCUT2D eigenvalue weighted by atomic mass is 9.80. The van der Waals surface area contributed by atoms with Gasteiger partial charge in [0.15, 0.2) is 0 Å². The molecule has 2 aliphatic rings. The number of fused-ring (bicyclic) bond motifs is 1. The van der Waals surface area contributed by atoms with Gasteiger partial charge in [-0.15, -0.1) is 0 Å². The predicted octanol–water partition coefficient (Wildman–Crippen LogP) is 4.38. The molecule has 0 radical (unpaired) electrons. The summed E-state index contributed by atoms with van der Waals surface area (Å²) in [6.45, 7) is 6.37. The molecule has 0 aromatic carbocycles. The minimum atomic E-state index is -0.513. The van der Waals surface area contributed by atoms with E-state index in [0.29, 0.717) is 12.8 Å². The van der Waals surface area contributed by atoms with E-state index >= 15 is 0 Å². The monoisotopic (exact) mass is 474 g/mol. The van der Waals surface area contributed by atoms with Crippen molar-refractivity contribution in [1.82, 2.24) is 0 Å². The second kappa shape index (κ2) is 11.3. The third-order valence-electron chi connectivity index (χ3n) is 6.73. The average Bonchev–Trinajstić information content (AvgIpc) is 3.21. The molecule has 1 aliphatic heterocycles. The van der Waals surface area contributed by atoms with Gasteiger partial charge in [-0.05, 0) is 37.0 Å². The van der Waals surface area contributed by atoms with Crippen LogP contribution in [0.4, 0.5) is 0 Å². The van der Waals surface area contributed by atoms with E-state index in [2.05, 4.69) is 36.7 Å². The van der Waals surface area contributed by atoms with Gasteiger partial charge in [-0.1, -0.05) is 61.7 Å². The van der Waals surface area contributed by atoms with Crippen LogP contribution in [-0.2, 0) is 14.3 Å². The lowest BCUT2D eigenvalue weighted by Crippen LogP contribution is -2.28. The molecule has 6 heteroatoms. The zero-order valence-corrected chi connectivity index (χ0v) is 19.9. The van der Waals surface area contributed by atoms with E-state index in [9.17, 15) is 15.0 Å². The fourth-order valence-corrected chi connectivity index (χ4v) is 5.29. The standard InChI is InChI=1S/C23H39BrO5/c1-5-6-12-23(2,3)21(26)11-10-15-16-13-20(29-19(16)14-18(15)25)17(24)8-7-9-22(27)28-4/h10-11,15-21,25-26H,5-9,12-14H2,1-4H3/b11-10+/t15-,16-,17?,18-,19+,20?,21-/m1/s1. The summed E-state index contributed by atoms with van der Waals surface area (Å²) in [5.74, 6) is 0.122. The van der Waals surface area contributed by atoms with E-state index in [1.165, 1.54) is 7.11 Å². The molecule has 0 amide bonds. The summed E-state index contributed by atoms with van der Waals surface area (Å²) >= 11 is 3.73. The normalized spacial score (nSPS) is 31.8. The molecule has 2 rings (SSSR count). The van der Waals surface area contributed by atoms with Crippen molar-refractivity contribution in [2.75, 3.05) is 7.11 Å². The van der Waals surface area contributed by atoms with E-state index in [-0.39, 0.29) is 40.3 Å². The number of aliphatic hydroxyl groups is 2. The molecule has 1 heterocycles. The van der Waals surface area contributed by atoms with E-state index in [4.69, 9.17) is 9.47 Å². The Bertz CT molecular complexity index is 549. The van der Waals surface area contributed by atoms with Gasteiger partial charge in [-0.2, -0.15) is 0 Å². The Morgan fingerprint density at radius 2 is 2.07 bits per heavy atom. The number of esters is 1. The number of unbranched alkanes of at least 4 members (excludes halogenated alkanes) is 1. The fraction of sp³-hybridized carbons (Fsp3) is 0.870. The molecule has 2 unspecified atom stereocenters. The molecule has 5 nitrogen and oxygen atoms in total. The maximum atomic E-state index is 11.3. The Morgan fingerprint density at radius 3 is 2.72 bits per heavy atom. The van der Waals surface area contributed by atoms with Crippen molar-refractivity contribution in [3.05, 3.63) is 12.2 Å². The molecule has 2 N–H and O–H groups in total. The maximum Gasteiger partial charge on any atom is 0.305 e. The number of aliphatic hydroxyl groups excluding tert-OH is 2. The van der Waals surface area contributed by atoms with Crippen molar-refractivity contribution in [3.8, 4) is 0 Å². The molecule has 1 saturated heterocycles. The molecule has 2 fully saturated rings. The number of halogens is 1. The van der Waals surface area contributed by atoms with Crippen LogP contribution < -0.4 is 0 Å². The Hall–Kier alpha value is -0.430. The maximum absolute atomic E-state index is 11.3. The van der Waals surface area contributed by atoms with Crippen LogP contribution in [0.25, 0.3) is 0 Å². The lowest BCUT2D eigenvalue weighted by molar-refractivity contribution is -0.140. The van der Waals surface area contributed by atoms with Crippen molar-refractivity contribution in [2.45, 2.75) is 101 Å².